The summed E-state index contributed by atoms with van der Waals surface area (Å²) in [5, 5.41) is 0. The van der Waals surface area contributed by atoms with Crippen molar-refractivity contribution in [2.24, 2.45) is 0 Å². The van der Waals surface area contributed by atoms with Crippen LogP contribution < -0.4 is 0 Å². The molecular weight excluding hydrogens is 275 g/mol. The van der Waals surface area contributed by atoms with Crippen molar-refractivity contribution in [2.75, 3.05) is 0 Å². The molecule has 0 fully saturated rings. The molecule has 1 rings (SSSR count). The molecule has 8 heteroatoms. The van der Waals surface area contributed by atoms with Crippen molar-refractivity contribution in [3.63, 3.8) is 0 Å². The van der Waals surface area contributed by atoms with E-state index < -0.39 is 46.0 Å². The highest BCUT2D eigenvalue weighted by atomic mass is 28.2. The monoisotopic (exact) mass is 284 g/mol. The lowest BCUT2D eigenvalue weighted by atomic mass is 9.83. The maximum absolute atomic E-state index is 13.5. The smallest absolute Gasteiger partial charge is 0.302 e. The minimum absolute atomic E-state index is 0.0608. The van der Waals surface area contributed by atoms with E-state index in [9.17, 15) is 26.7 Å². The van der Waals surface area contributed by atoms with Gasteiger partial charge in [-0.1, -0.05) is 0 Å². The highest BCUT2D eigenvalue weighted by Crippen LogP contribution is 2.33. The molecule has 0 aliphatic heterocycles. The Hall–Kier alpha value is -1.44. The molecule has 2 nitrogen and oxygen atoms in total. The third kappa shape index (κ3) is 2.00. The van der Waals surface area contributed by atoms with E-state index >= 15 is 0 Å². The number of carbonyl (C=O) groups excluding carboxylic acids is 1. The molecule has 0 spiro atoms. The van der Waals surface area contributed by atoms with Crippen molar-refractivity contribution in [3.8, 4) is 0 Å². The molecule has 0 unspecified atom stereocenters. The van der Waals surface area contributed by atoms with Crippen molar-refractivity contribution >= 4 is 16.5 Å². The molecule has 0 saturated carbocycles. The van der Waals surface area contributed by atoms with Crippen LogP contribution in [0, 0.1) is 29.1 Å². The lowest BCUT2D eigenvalue weighted by Gasteiger charge is -2.24. The van der Waals surface area contributed by atoms with E-state index in [0.29, 0.717) is 0 Å². The summed E-state index contributed by atoms with van der Waals surface area (Å²) in [6.45, 7) is 2.04. The Labute approximate surface area is 102 Å². The lowest BCUT2D eigenvalue weighted by Crippen LogP contribution is -2.34. The van der Waals surface area contributed by atoms with Crippen LogP contribution in [0.2, 0.25) is 0 Å². The van der Waals surface area contributed by atoms with Crippen molar-refractivity contribution in [1.82, 2.24) is 0 Å². The van der Waals surface area contributed by atoms with E-state index in [0.717, 1.165) is 13.8 Å². The third-order valence-electron chi connectivity index (χ3n) is 2.53. The lowest BCUT2D eigenvalue weighted by molar-refractivity contribution is -0.139. The normalized spacial score (nSPS) is 11.7. The zero-order chi connectivity index (χ0) is 14.2. The maximum atomic E-state index is 13.5. The predicted molar refractivity (Wildman–Crippen MR) is 55.3 cm³/mol. The first-order chi connectivity index (χ1) is 8.16. The van der Waals surface area contributed by atoms with Gasteiger partial charge in [0.2, 0.25) is 16.3 Å². The van der Waals surface area contributed by atoms with Crippen LogP contribution in [0.4, 0.5) is 22.0 Å². The van der Waals surface area contributed by atoms with Crippen LogP contribution in [0.25, 0.3) is 0 Å². The van der Waals surface area contributed by atoms with Crippen molar-refractivity contribution in [3.05, 3.63) is 34.6 Å². The first-order valence-electron chi connectivity index (χ1n) is 4.76. The molecule has 18 heavy (non-hydrogen) atoms. The van der Waals surface area contributed by atoms with Crippen molar-refractivity contribution in [1.29, 1.82) is 0 Å². The highest BCUT2D eigenvalue weighted by Gasteiger charge is 2.40. The number of hydrogen-bond donors (Lipinski definition) is 0. The summed E-state index contributed by atoms with van der Waals surface area (Å²) in [6, 6.07) is 0. The molecule has 0 radical (unpaired) electrons. The van der Waals surface area contributed by atoms with Crippen LogP contribution in [-0.4, -0.2) is 16.5 Å². The molecule has 1 aromatic rings. The second-order valence-corrected chi connectivity index (χ2v) is 4.47. The summed E-state index contributed by atoms with van der Waals surface area (Å²) in [5.74, 6) is -11.5. The average molecular weight is 284 g/mol. The van der Waals surface area contributed by atoms with Gasteiger partial charge in [-0.15, -0.1) is 0 Å². The summed E-state index contributed by atoms with van der Waals surface area (Å²) in [6.07, 6.45) is 0. The second kappa shape index (κ2) is 4.67. The summed E-state index contributed by atoms with van der Waals surface area (Å²) in [4.78, 5) is 11.4. The van der Waals surface area contributed by atoms with E-state index in [4.69, 9.17) is 0 Å². The number of rotatable bonds is 2. The van der Waals surface area contributed by atoms with Gasteiger partial charge < -0.3 is 4.43 Å². The summed E-state index contributed by atoms with van der Waals surface area (Å²) >= 11 is 0. The number of hydrogen-bond acceptors (Lipinski definition) is 2. The van der Waals surface area contributed by atoms with Crippen LogP contribution in [0.1, 0.15) is 19.4 Å². The quantitative estimate of drug-likeness (QED) is 0.356. The molecule has 0 bridgehead atoms. The van der Waals surface area contributed by atoms with E-state index in [1.165, 1.54) is 0 Å². The van der Waals surface area contributed by atoms with Crippen LogP contribution in [-0.2, 0) is 14.6 Å². The fraction of sp³-hybridized carbons (Fsp3) is 0.300. The molecule has 0 aliphatic rings. The fourth-order valence-corrected chi connectivity index (χ4v) is 2.02. The Kier molecular flexibility index (Phi) is 3.80. The Morgan fingerprint density at radius 2 is 1.28 bits per heavy atom. The molecule has 1 aromatic carbocycles. The van der Waals surface area contributed by atoms with Crippen LogP contribution >= 0.6 is 0 Å². The van der Waals surface area contributed by atoms with Gasteiger partial charge in [-0.25, -0.2) is 22.0 Å². The first-order valence-corrected chi connectivity index (χ1v) is 5.58. The molecular formula is C10H9F5O2Si. The van der Waals surface area contributed by atoms with Crippen LogP contribution in [0.5, 0.6) is 0 Å². The molecule has 0 N–H and O–H groups in total. The SMILES string of the molecule is CC(C)(C(=O)O[SiH3])c1c(F)c(F)c(F)c(F)c1F. The minimum Gasteiger partial charge on any atom is -0.528 e. The van der Waals surface area contributed by atoms with Crippen molar-refractivity contribution < 1.29 is 31.2 Å². The molecule has 0 saturated heterocycles. The van der Waals surface area contributed by atoms with E-state index in [2.05, 4.69) is 4.43 Å². The van der Waals surface area contributed by atoms with Gasteiger partial charge >= 0.3 is 5.97 Å². The van der Waals surface area contributed by atoms with Gasteiger partial charge in [0.1, 0.15) is 0 Å². The topological polar surface area (TPSA) is 26.3 Å². The Balaban J connectivity index is 3.66. The Morgan fingerprint density at radius 1 is 0.944 bits per heavy atom. The zero-order valence-corrected chi connectivity index (χ0v) is 11.7. The number of carbonyl (C=O) groups is 1. The highest BCUT2D eigenvalue weighted by molar-refractivity contribution is 6.07. The first kappa shape index (κ1) is 14.6. The van der Waals surface area contributed by atoms with Gasteiger partial charge in [-0.2, -0.15) is 0 Å². The predicted octanol–water partition coefficient (Wildman–Crippen LogP) is 1.48. The van der Waals surface area contributed by atoms with Gasteiger partial charge in [0, 0.05) is 5.56 Å². The number of benzene rings is 1. The van der Waals surface area contributed by atoms with E-state index in [1.54, 1.807) is 0 Å². The minimum atomic E-state index is -2.26. The largest absolute Gasteiger partial charge is 0.528 e. The fourth-order valence-electron chi connectivity index (χ4n) is 1.51. The van der Waals surface area contributed by atoms with Gasteiger partial charge in [0.25, 0.3) is 0 Å². The zero-order valence-electron chi connectivity index (χ0n) is 9.71. The Morgan fingerprint density at radius 3 is 1.61 bits per heavy atom. The summed E-state index contributed by atoms with van der Waals surface area (Å²) in [5.41, 5.74) is -3.16. The second-order valence-electron chi connectivity index (χ2n) is 4.06. The van der Waals surface area contributed by atoms with Crippen LogP contribution in [0.3, 0.4) is 0 Å². The molecule has 0 heterocycles. The third-order valence-corrected chi connectivity index (χ3v) is 2.90. The van der Waals surface area contributed by atoms with Crippen LogP contribution in [0.15, 0.2) is 0 Å². The summed E-state index contributed by atoms with van der Waals surface area (Å²) < 4.78 is 70.2. The molecule has 0 aromatic heterocycles. The average Bonchev–Trinajstić information content (AvgIpc) is 2.32. The van der Waals surface area contributed by atoms with Gasteiger partial charge in [-0.05, 0) is 13.8 Å². The molecule has 0 aliphatic carbocycles. The molecule has 0 amide bonds. The van der Waals surface area contributed by atoms with Gasteiger partial charge in [0.15, 0.2) is 23.3 Å². The molecule has 100 valence electrons. The van der Waals surface area contributed by atoms with Gasteiger partial charge in [0.05, 0.1) is 5.41 Å². The van der Waals surface area contributed by atoms with Crippen molar-refractivity contribution in [2.45, 2.75) is 19.3 Å². The summed E-state index contributed by atoms with van der Waals surface area (Å²) in [7, 11) is -0.0608. The van der Waals surface area contributed by atoms with E-state index in [-0.39, 0.29) is 10.5 Å². The molecule has 0 atom stereocenters. The standard InChI is InChI=1S/C10H9F5O2Si/c1-10(2,9(16)17-18)3-4(11)6(13)8(15)7(14)5(3)12/h1-2,18H3. The van der Waals surface area contributed by atoms with Gasteiger partial charge in [-0.3, -0.25) is 4.79 Å². The van der Waals surface area contributed by atoms with E-state index in [1.807, 2.05) is 0 Å². The maximum Gasteiger partial charge on any atom is 0.302 e. The number of halogens is 5. The Bertz CT molecular complexity index is 486.